The molecule has 0 saturated heterocycles. The normalized spacial score (nSPS) is 10.7. The second-order valence-corrected chi connectivity index (χ2v) is 3.95. The van der Waals surface area contributed by atoms with E-state index in [1.54, 1.807) is 13.2 Å². The molecule has 0 aliphatic rings. The van der Waals surface area contributed by atoms with Crippen LogP contribution in [0.15, 0.2) is 18.2 Å². The van der Waals surface area contributed by atoms with Gasteiger partial charge < -0.3 is 4.74 Å². The van der Waals surface area contributed by atoms with Crippen LogP contribution in [0.1, 0.15) is 12.5 Å². The third-order valence-electron chi connectivity index (χ3n) is 2.19. The Labute approximate surface area is 104 Å². The number of hydrogen-bond acceptors (Lipinski definition) is 2. The number of hydrogen-bond donors (Lipinski definition) is 0. The van der Waals surface area contributed by atoms with Gasteiger partial charge in [0.15, 0.2) is 0 Å². The molecule has 0 N–H and O–H groups in total. The molecule has 0 saturated carbocycles. The van der Waals surface area contributed by atoms with Gasteiger partial charge in [-0.15, -0.1) is 0 Å². The topological polar surface area (TPSA) is 12.5 Å². The minimum absolute atomic E-state index is 0.242. The number of benzene rings is 1. The monoisotopic (exact) mass is 323 g/mol. The highest BCUT2D eigenvalue weighted by molar-refractivity contribution is 14.1. The standard InChI is InChI=1S/C11H15FINO/c1-3-14(8-13)7-9-4-10(12)6-11(5-9)15-2/h4-6H,3,7-8H2,1-2H3. The van der Waals surface area contributed by atoms with Crippen molar-refractivity contribution in [3.8, 4) is 5.75 Å². The zero-order valence-electron chi connectivity index (χ0n) is 8.96. The highest BCUT2D eigenvalue weighted by Crippen LogP contribution is 2.17. The van der Waals surface area contributed by atoms with Gasteiger partial charge >= 0.3 is 0 Å². The molecule has 0 spiro atoms. The second kappa shape index (κ2) is 6.27. The van der Waals surface area contributed by atoms with Crippen LogP contribution in [0.25, 0.3) is 0 Å². The van der Waals surface area contributed by atoms with E-state index in [1.807, 2.05) is 6.07 Å². The van der Waals surface area contributed by atoms with Gasteiger partial charge in [-0.2, -0.15) is 0 Å². The van der Waals surface area contributed by atoms with Crippen molar-refractivity contribution in [2.75, 3.05) is 18.2 Å². The number of nitrogens with zero attached hydrogens (tertiary/aromatic N) is 1. The Morgan fingerprint density at radius 2 is 2.13 bits per heavy atom. The molecule has 15 heavy (non-hydrogen) atoms. The number of halogens is 2. The maximum absolute atomic E-state index is 13.2. The van der Waals surface area contributed by atoms with Crippen LogP contribution in [0.3, 0.4) is 0 Å². The lowest BCUT2D eigenvalue weighted by Gasteiger charge is -2.17. The van der Waals surface area contributed by atoms with E-state index in [-0.39, 0.29) is 5.82 Å². The molecular formula is C11H15FINO. The van der Waals surface area contributed by atoms with Gasteiger partial charge in [-0.25, -0.2) is 4.39 Å². The molecule has 0 bridgehead atoms. The number of alkyl halides is 1. The van der Waals surface area contributed by atoms with E-state index in [4.69, 9.17) is 4.74 Å². The molecule has 0 atom stereocenters. The van der Waals surface area contributed by atoms with Crippen molar-refractivity contribution >= 4 is 22.6 Å². The minimum Gasteiger partial charge on any atom is -0.497 e. The highest BCUT2D eigenvalue weighted by atomic mass is 127. The summed E-state index contributed by atoms with van der Waals surface area (Å²) >= 11 is 2.30. The fourth-order valence-electron chi connectivity index (χ4n) is 1.33. The molecule has 84 valence electrons. The lowest BCUT2D eigenvalue weighted by Crippen LogP contribution is -2.20. The lowest BCUT2D eigenvalue weighted by atomic mass is 10.2. The molecule has 2 nitrogen and oxygen atoms in total. The molecule has 0 aliphatic heterocycles. The quantitative estimate of drug-likeness (QED) is 0.469. The van der Waals surface area contributed by atoms with Crippen molar-refractivity contribution in [3.63, 3.8) is 0 Å². The summed E-state index contributed by atoms with van der Waals surface area (Å²) < 4.78 is 19.1. The molecule has 0 heterocycles. The Morgan fingerprint density at radius 3 is 2.67 bits per heavy atom. The van der Waals surface area contributed by atoms with Crippen LogP contribution in [0.5, 0.6) is 5.75 Å². The fraction of sp³-hybridized carbons (Fsp3) is 0.455. The van der Waals surface area contributed by atoms with E-state index in [9.17, 15) is 4.39 Å². The molecule has 0 aliphatic carbocycles. The van der Waals surface area contributed by atoms with Gasteiger partial charge in [0, 0.05) is 12.6 Å². The number of rotatable bonds is 5. The zero-order chi connectivity index (χ0) is 11.3. The first-order chi connectivity index (χ1) is 7.19. The van der Waals surface area contributed by atoms with Crippen molar-refractivity contribution in [3.05, 3.63) is 29.6 Å². The summed E-state index contributed by atoms with van der Waals surface area (Å²) in [5.41, 5.74) is 0.949. The fourth-order valence-corrected chi connectivity index (χ4v) is 2.05. The van der Waals surface area contributed by atoms with Crippen LogP contribution >= 0.6 is 22.6 Å². The van der Waals surface area contributed by atoms with Gasteiger partial charge in [0.25, 0.3) is 0 Å². The van der Waals surface area contributed by atoms with E-state index in [0.29, 0.717) is 5.75 Å². The van der Waals surface area contributed by atoms with Crippen LogP contribution in [-0.4, -0.2) is 23.1 Å². The van der Waals surface area contributed by atoms with E-state index < -0.39 is 0 Å². The summed E-state index contributed by atoms with van der Waals surface area (Å²) in [7, 11) is 1.55. The van der Waals surface area contributed by atoms with E-state index in [0.717, 1.165) is 23.2 Å². The Morgan fingerprint density at radius 1 is 1.40 bits per heavy atom. The van der Waals surface area contributed by atoms with Gasteiger partial charge in [0.1, 0.15) is 11.6 Å². The summed E-state index contributed by atoms with van der Waals surface area (Å²) in [5.74, 6) is 0.336. The average molecular weight is 323 g/mol. The summed E-state index contributed by atoms with van der Waals surface area (Å²) in [6.45, 7) is 3.81. The molecule has 0 fully saturated rings. The predicted octanol–water partition coefficient (Wildman–Crippen LogP) is 3.05. The molecule has 4 heteroatoms. The summed E-state index contributed by atoms with van der Waals surface area (Å²) in [6, 6.07) is 4.82. The van der Waals surface area contributed by atoms with Gasteiger partial charge in [0.2, 0.25) is 0 Å². The summed E-state index contributed by atoms with van der Waals surface area (Å²) in [4.78, 5) is 2.22. The lowest BCUT2D eigenvalue weighted by molar-refractivity contribution is 0.336. The van der Waals surface area contributed by atoms with Crippen molar-refractivity contribution in [1.29, 1.82) is 0 Å². The second-order valence-electron chi connectivity index (χ2n) is 3.26. The SMILES string of the molecule is CCN(CI)Cc1cc(F)cc(OC)c1. The van der Waals surface area contributed by atoms with E-state index in [2.05, 4.69) is 34.4 Å². The Balaban J connectivity index is 2.79. The molecule has 0 radical (unpaired) electrons. The van der Waals surface area contributed by atoms with Crippen LogP contribution in [0.4, 0.5) is 4.39 Å². The maximum Gasteiger partial charge on any atom is 0.127 e. The molecular weight excluding hydrogens is 308 g/mol. The minimum atomic E-state index is -0.242. The smallest absolute Gasteiger partial charge is 0.127 e. The van der Waals surface area contributed by atoms with E-state index in [1.165, 1.54) is 6.07 Å². The number of methoxy groups -OCH3 is 1. The third kappa shape index (κ3) is 3.95. The largest absolute Gasteiger partial charge is 0.497 e. The Hall–Kier alpha value is -0.360. The zero-order valence-corrected chi connectivity index (χ0v) is 11.1. The third-order valence-corrected chi connectivity index (χ3v) is 3.15. The predicted molar refractivity (Wildman–Crippen MR) is 67.9 cm³/mol. The van der Waals surface area contributed by atoms with E-state index >= 15 is 0 Å². The summed E-state index contributed by atoms with van der Waals surface area (Å²) in [6.07, 6.45) is 0. The molecule has 0 amide bonds. The number of ether oxygens (including phenoxy) is 1. The van der Waals surface area contributed by atoms with Crippen molar-refractivity contribution in [1.82, 2.24) is 4.90 Å². The van der Waals surface area contributed by atoms with Crippen LogP contribution in [0, 0.1) is 5.82 Å². The molecule has 1 aromatic rings. The molecule has 1 aromatic carbocycles. The van der Waals surface area contributed by atoms with Crippen LogP contribution < -0.4 is 4.74 Å². The van der Waals surface area contributed by atoms with Crippen LogP contribution in [-0.2, 0) is 6.54 Å². The van der Waals surface area contributed by atoms with Gasteiger partial charge in [-0.05, 0) is 24.2 Å². The Kier molecular flexibility index (Phi) is 5.31. The molecule has 1 rings (SSSR count). The molecule has 0 aromatic heterocycles. The highest BCUT2D eigenvalue weighted by Gasteiger charge is 2.05. The van der Waals surface area contributed by atoms with Gasteiger partial charge in [-0.3, -0.25) is 4.90 Å². The van der Waals surface area contributed by atoms with Gasteiger partial charge in [0.05, 0.1) is 11.7 Å². The average Bonchev–Trinajstić information content (AvgIpc) is 2.25. The summed E-state index contributed by atoms with van der Waals surface area (Å²) in [5, 5.41) is 0. The van der Waals surface area contributed by atoms with Crippen molar-refractivity contribution in [2.24, 2.45) is 0 Å². The van der Waals surface area contributed by atoms with Crippen molar-refractivity contribution in [2.45, 2.75) is 13.5 Å². The van der Waals surface area contributed by atoms with Gasteiger partial charge in [-0.1, -0.05) is 29.5 Å². The first-order valence-electron chi connectivity index (χ1n) is 4.81. The van der Waals surface area contributed by atoms with Crippen molar-refractivity contribution < 1.29 is 9.13 Å². The maximum atomic E-state index is 13.2. The first-order valence-corrected chi connectivity index (χ1v) is 6.34. The first kappa shape index (κ1) is 12.7. The van der Waals surface area contributed by atoms with Crippen LogP contribution in [0.2, 0.25) is 0 Å². The Bertz CT molecular complexity index is 315. The molecule has 0 unspecified atom stereocenters.